The zero-order valence-electron chi connectivity index (χ0n) is 15.3. The molecule has 2 aromatic rings. The second-order valence-electron chi connectivity index (χ2n) is 7.83. The van der Waals surface area contributed by atoms with Crippen molar-refractivity contribution < 1.29 is 9.21 Å². The van der Waals surface area contributed by atoms with E-state index in [1.54, 1.807) is 6.26 Å². The van der Waals surface area contributed by atoms with Gasteiger partial charge in [-0.1, -0.05) is 12.1 Å². The minimum Gasteiger partial charge on any atom is -0.464 e. The van der Waals surface area contributed by atoms with Gasteiger partial charge >= 0.3 is 0 Å². The van der Waals surface area contributed by atoms with E-state index in [9.17, 15) is 4.79 Å². The van der Waals surface area contributed by atoms with Crippen LogP contribution >= 0.6 is 0 Å². The van der Waals surface area contributed by atoms with Crippen molar-refractivity contribution in [2.45, 2.75) is 52.0 Å². The molecule has 0 bridgehead atoms. The first-order valence-corrected chi connectivity index (χ1v) is 9.59. The minimum atomic E-state index is 0.224. The van der Waals surface area contributed by atoms with Gasteiger partial charge in [0.25, 0.3) is 0 Å². The number of carbonyl (C=O) groups excluding carboxylic acids is 1. The molecule has 0 atom stereocenters. The zero-order chi connectivity index (χ0) is 17.4. The third kappa shape index (κ3) is 3.59. The number of benzene rings is 1. The molecular weight excluding hydrogens is 312 g/mol. The first-order chi connectivity index (χ1) is 12.1. The van der Waals surface area contributed by atoms with Gasteiger partial charge in [-0.25, -0.2) is 0 Å². The summed E-state index contributed by atoms with van der Waals surface area (Å²) >= 11 is 0. The van der Waals surface area contributed by atoms with Crippen LogP contribution in [0, 0.1) is 19.8 Å². The first kappa shape index (κ1) is 16.6. The minimum absolute atomic E-state index is 0.224. The van der Waals surface area contributed by atoms with Gasteiger partial charge in [0.15, 0.2) is 0 Å². The number of nitrogens with one attached hydrogen (secondary N) is 1. The van der Waals surface area contributed by atoms with Crippen LogP contribution in [0.25, 0.3) is 11.0 Å². The molecule has 2 fully saturated rings. The molecule has 1 aromatic carbocycles. The highest BCUT2D eigenvalue weighted by atomic mass is 16.3. The van der Waals surface area contributed by atoms with E-state index in [0.717, 1.165) is 48.4 Å². The molecule has 2 aliphatic rings. The molecule has 0 radical (unpaired) electrons. The van der Waals surface area contributed by atoms with Crippen LogP contribution in [-0.4, -0.2) is 36.5 Å². The number of hydrogen-bond acceptors (Lipinski definition) is 3. The Bertz CT molecular complexity index is 768. The van der Waals surface area contributed by atoms with Crippen molar-refractivity contribution in [2.24, 2.45) is 5.92 Å². The lowest BCUT2D eigenvalue weighted by Crippen LogP contribution is -2.45. The molecule has 1 amide bonds. The van der Waals surface area contributed by atoms with E-state index < -0.39 is 0 Å². The summed E-state index contributed by atoms with van der Waals surface area (Å²) < 4.78 is 5.75. The van der Waals surface area contributed by atoms with Crippen LogP contribution in [0.2, 0.25) is 0 Å². The Morgan fingerprint density at radius 1 is 1.20 bits per heavy atom. The number of likely N-dealkylation sites (tertiary alicyclic amines) is 1. The van der Waals surface area contributed by atoms with Crippen molar-refractivity contribution in [3.05, 3.63) is 35.1 Å². The Hall–Kier alpha value is -1.81. The molecule has 1 aliphatic carbocycles. The summed E-state index contributed by atoms with van der Waals surface area (Å²) in [5, 5.41) is 4.75. The van der Waals surface area contributed by atoms with E-state index in [1.165, 1.54) is 30.5 Å². The smallest absolute Gasteiger partial charge is 0.227 e. The van der Waals surface area contributed by atoms with Crippen molar-refractivity contribution >= 4 is 16.9 Å². The maximum atomic E-state index is 12.7. The van der Waals surface area contributed by atoms with Gasteiger partial charge in [0.2, 0.25) is 5.91 Å². The van der Waals surface area contributed by atoms with Crippen molar-refractivity contribution in [1.29, 1.82) is 0 Å². The van der Waals surface area contributed by atoms with Crippen LogP contribution in [0.3, 0.4) is 0 Å². The monoisotopic (exact) mass is 340 g/mol. The van der Waals surface area contributed by atoms with Crippen LogP contribution in [0.15, 0.2) is 22.8 Å². The summed E-state index contributed by atoms with van der Waals surface area (Å²) in [6, 6.07) is 4.78. The maximum Gasteiger partial charge on any atom is 0.227 e. The average molecular weight is 340 g/mol. The molecule has 1 aromatic heterocycles. The lowest BCUT2D eigenvalue weighted by Gasteiger charge is -2.32. The molecule has 1 saturated heterocycles. The van der Waals surface area contributed by atoms with Crippen LogP contribution < -0.4 is 5.32 Å². The SMILES string of the molecule is Cc1ccc2c(CC(=O)N3CCC(NCC4CC4)CC3)coc2c1C. The van der Waals surface area contributed by atoms with Crippen LogP contribution in [0.5, 0.6) is 0 Å². The highest BCUT2D eigenvalue weighted by Gasteiger charge is 2.26. The van der Waals surface area contributed by atoms with E-state index in [-0.39, 0.29) is 5.91 Å². The normalized spacial score (nSPS) is 18.9. The number of furan rings is 1. The van der Waals surface area contributed by atoms with Crippen LogP contribution in [0.1, 0.15) is 42.4 Å². The molecule has 4 heteroatoms. The molecule has 4 rings (SSSR count). The number of piperidine rings is 1. The molecule has 0 spiro atoms. The molecule has 4 nitrogen and oxygen atoms in total. The lowest BCUT2D eigenvalue weighted by atomic mass is 10.0. The van der Waals surface area contributed by atoms with Crippen molar-refractivity contribution in [3.63, 3.8) is 0 Å². The molecule has 0 unspecified atom stereocenters. The zero-order valence-corrected chi connectivity index (χ0v) is 15.3. The second kappa shape index (κ2) is 6.83. The van der Waals surface area contributed by atoms with Gasteiger partial charge < -0.3 is 14.6 Å². The van der Waals surface area contributed by atoms with Gasteiger partial charge in [0.05, 0.1) is 12.7 Å². The molecule has 1 aliphatic heterocycles. The van der Waals surface area contributed by atoms with Gasteiger partial charge in [-0.2, -0.15) is 0 Å². The largest absolute Gasteiger partial charge is 0.464 e. The van der Waals surface area contributed by atoms with E-state index in [4.69, 9.17) is 4.42 Å². The van der Waals surface area contributed by atoms with Gasteiger partial charge in [-0.15, -0.1) is 0 Å². The number of hydrogen-bond donors (Lipinski definition) is 1. The van der Waals surface area contributed by atoms with Gasteiger partial charge in [0, 0.05) is 30.1 Å². The van der Waals surface area contributed by atoms with E-state index in [0.29, 0.717) is 12.5 Å². The Morgan fingerprint density at radius 3 is 2.68 bits per heavy atom. The quantitative estimate of drug-likeness (QED) is 0.905. The fourth-order valence-corrected chi connectivity index (χ4v) is 3.79. The highest BCUT2D eigenvalue weighted by molar-refractivity contribution is 5.89. The third-order valence-electron chi connectivity index (χ3n) is 5.92. The molecule has 134 valence electrons. The second-order valence-corrected chi connectivity index (χ2v) is 7.83. The molecule has 2 heterocycles. The summed E-state index contributed by atoms with van der Waals surface area (Å²) in [6.07, 6.45) is 7.13. The summed E-state index contributed by atoms with van der Waals surface area (Å²) in [7, 11) is 0. The number of amides is 1. The predicted octanol–water partition coefficient (Wildman–Crippen LogP) is 3.58. The Morgan fingerprint density at radius 2 is 1.96 bits per heavy atom. The maximum absolute atomic E-state index is 12.7. The molecule has 25 heavy (non-hydrogen) atoms. The average Bonchev–Trinajstić information content (AvgIpc) is 3.37. The van der Waals surface area contributed by atoms with Crippen molar-refractivity contribution in [3.8, 4) is 0 Å². The van der Waals surface area contributed by atoms with E-state index in [2.05, 4.69) is 31.3 Å². The topological polar surface area (TPSA) is 45.5 Å². The Balaban J connectivity index is 1.35. The van der Waals surface area contributed by atoms with Crippen molar-refractivity contribution in [1.82, 2.24) is 10.2 Å². The summed E-state index contributed by atoms with van der Waals surface area (Å²) in [4.78, 5) is 14.7. The lowest BCUT2D eigenvalue weighted by molar-refractivity contribution is -0.131. The van der Waals surface area contributed by atoms with Gasteiger partial charge in [-0.05, 0) is 63.1 Å². The predicted molar refractivity (Wildman–Crippen MR) is 99.7 cm³/mol. The molecule has 1 saturated carbocycles. The summed E-state index contributed by atoms with van der Waals surface area (Å²) in [5.41, 5.74) is 4.32. The van der Waals surface area contributed by atoms with Crippen LogP contribution in [0.4, 0.5) is 0 Å². The molecule has 1 N–H and O–H groups in total. The van der Waals surface area contributed by atoms with Gasteiger partial charge in [0.1, 0.15) is 5.58 Å². The number of aryl methyl sites for hydroxylation is 2. The first-order valence-electron chi connectivity index (χ1n) is 9.59. The number of fused-ring (bicyclic) bond motifs is 1. The number of rotatable bonds is 5. The van der Waals surface area contributed by atoms with Gasteiger partial charge in [-0.3, -0.25) is 4.79 Å². The third-order valence-corrected chi connectivity index (χ3v) is 5.92. The fraction of sp³-hybridized carbons (Fsp3) is 0.571. The Kier molecular flexibility index (Phi) is 4.55. The summed E-state index contributed by atoms with van der Waals surface area (Å²) in [5.74, 6) is 1.14. The van der Waals surface area contributed by atoms with E-state index >= 15 is 0 Å². The van der Waals surface area contributed by atoms with Crippen LogP contribution in [-0.2, 0) is 11.2 Å². The van der Waals surface area contributed by atoms with Crippen molar-refractivity contribution in [2.75, 3.05) is 19.6 Å². The standard InChI is InChI=1S/C21H28N2O2/c1-14-3-6-19-17(13-25-21(19)15(14)2)11-20(24)23-9-7-18(8-10-23)22-12-16-4-5-16/h3,6,13,16,18,22H,4-5,7-12H2,1-2H3. The summed E-state index contributed by atoms with van der Waals surface area (Å²) in [6.45, 7) is 7.07. The Labute approximate surface area is 149 Å². The fourth-order valence-electron chi connectivity index (χ4n) is 3.79. The molecular formula is C21H28N2O2. The number of carbonyl (C=O) groups is 1. The van der Waals surface area contributed by atoms with E-state index in [1.807, 2.05) is 4.90 Å². The highest BCUT2D eigenvalue weighted by Crippen LogP contribution is 2.29. The number of nitrogens with zero attached hydrogens (tertiary/aromatic N) is 1.